The Kier molecular flexibility index (Phi) is 6.79. The smallest absolute Gasteiger partial charge is 0.266 e. The quantitative estimate of drug-likeness (QED) is 0.548. The molecule has 0 spiro atoms. The molecule has 4 nitrogen and oxygen atoms in total. The van der Waals surface area contributed by atoms with Gasteiger partial charge in [0, 0.05) is 4.47 Å². The molecule has 1 amide bonds. The lowest BCUT2D eigenvalue weighted by Gasteiger charge is -2.09. The number of rotatable bonds is 6. The van der Waals surface area contributed by atoms with Crippen molar-refractivity contribution in [1.82, 2.24) is 0 Å². The van der Waals surface area contributed by atoms with Crippen molar-refractivity contribution in [3.8, 4) is 11.8 Å². The van der Waals surface area contributed by atoms with Crippen LogP contribution in [0.25, 0.3) is 6.08 Å². The van der Waals surface area contributed by atoms with E-state index in [1.54, 1.807) is 12.1 Å². The molecule has 0 aliphatic heterocycles. The van der Waals surface area contributed by atoms with Gasteiger partial charge in [0.15, 0.2) is 0 Å². The van der Waals surface area contributed by atoms with Crippen molar-refractivity contribution in [2.45, 2.75) is 13.8 Å². The normalized spacial score (nSPS) is 11.1. The van der Waals surface area contributed by atoms with Crippen molar-refractivity contribution in [2.75, 3.05) is 11.9 Å². The van der Waals surface area contributed by atoms with E-state index in [0.29, 0.717) is 18.2 Å². The van der Waals surface area contributed by atoms with E-state index >= 15 is 0 Å². The van der Waals surface area contributed by atoms with E-state index in [0.717, 1.165) is 15.8 Å². The van der Waals surface area contributed by atoms with Gasteiger partial charge in [-0.05, 0) is 57.8 Å². The number of nitrogens with one attached hydrogen (secondary N) is 1. The largest absolute Gasteiger partial charge is 0.493 e. The Morgan fingerprint density at radius 3 is 2.52 bits per heavy atom. The predicted octanol–water partition coefficient (Wildman–Crippen LogP) is 5.03. The molecule has 0 heterocycles. The lowest BCUT2D eigenvalue weighted by molar-refractivity contribution is -0.112. The first-order valence-electron chi connectivity index (χ1n) is 7.90. The highest BCUT2D eigenvalue weighted by molar-refractivity contribution is 9.10. The summed E-state index contributed by atoms with van der Waals surface area (Å²) in [5.41, 5.74) is 1.41. The summed E-state index contributed by atoms with van der Waals surface area (Å²) in [6.45, 7) is 4.81. The third-order valence-corrected chi connectivity index (χ3v) is 3.95. The summed E-state index contributed by atoms with van der Waals surface area (Å²) in [5.74, 6) is 0.766. The molecule has 0 radical (unpaired) electrons. The van der Waals surface area contributed by atoms with Crippen LogP contribution in [-0.2, 0) is 4.79 Å². The van der Waals surface area contributed by atoms with Crippen LogP contribution in [0.1, 0.15) is 19.4 Å². The molecule has 0 bridgehead atoms. The number of ether oxygens (including phenoxy) is 1. The molecule has 0 aromatic heterocycles. The van der Waals surface area contributed by atoms with Gasteiger partial charge in [-0.1, -0.05) is 38.1 Å². The fourth-order valence-electron chi connectivity index (χ4n) is 1.99. The number of halogens is 1. The van der Waals surface area contributed by atoms with Gasteiger partial charge in [0.25, 0.3) is 5.91 Å². The Morgan fingerprint density at radius 2 is 1.92 bits per heavy atom. The van der Waals surface area contributed by atoms with Gasteiger partial charge < -0.3 is 10.1 Å². The standard InChI is InChI=1S/C20H19BrN2O2/c1-14(2)13-25-17-9-7-15(8-10-17)11-16(12-22)20(24)23-19-6-4-3-5-18(19)21/h3-11,14H,13H2,1-2H3,(H,23,24)/b16-11+. The average molecular weight is 399 g/mol. The number of anilines is 1. The van der Waals surface area contributed by atoms with Crippen LogP contribution in [0.15, 0.2) is 58.6 Å². The Hall–Kier alpha value is -2.58. The Bertz CT molecular complexity index is 805. The molecule has 5 heteroatoms. The van der Waals surface area contributed by atoms with Crippen LogP contribution in [0.5, 0.6) is 5.75 Å². The number of amides is 1. The van der Waals surface area contributed by atoms with E-state index in [-0.39, 0.29) is 5.57 Å². The van der Waals surface area contributed by atoms with Crippen LogP contribution in [0.3, 0.4) is 0 Å². The molecule has 2 aromatic rings. The van der Waals surface area contributed by atoms with Gasteiger partial charge >= 0.3 is 0 Å². The van der Waals surface area contributed by atoms with Gasteiger partial charge in [0.2, 0.25) is 0 Å². The van der Waals surface area contributed by atoms with Crippen LogP contribution >= 0.6 is 15.9 Å². The third-order valence-electron chi connectivity index (χ3n) is 3.26. The van der Waals surface area contributed by atoms with E-state index in [4.69, 9.17) is 4.74 Å². The van der Waals surface area contributed by atoms with Gasteiger partial charge in [0.1, 0.15) is 17.4 Å². The zero-order valence-corrected chi connectivity index (χ0v) is 15.7. The molecule has 0 unspecified atom stereocenters. The lowest BCUT2D eigenvalue weighted by Crippen LogP contribution is -2.13. The Morgan fingerprint density at radius 1 is 1.24 bits per heavy atom. The van der Waals surface area contributed by atoms with Crippen LogP contribution in [-0.4, -0.2) is 12.5 Å². The second-order valence-electron chi connectivity index (χ2n) is 5.88. The summed E-state index contributed by atoms with van der Waals surface area (Å²) < 4.78 is 6.38. The summed E-state index contributed by atoms with van der Waals surface area (Å²) in [5, 5.41) is 12.0. The summed E-state index contributed by atoms with van der Waals surface area (Å²) >= 11 is 3.36. The zero-order valence-electron chi connectivity index (χ0n) is 14.1. The second-order valence-corrected chi connectivity index (χ2v) is 6.73. The molecule has 2 aromatic carbocycles. The minimum atomic E-state index is -0.450. The van der Waals surface area contributed by atoms with Crippen molar-refractivity contribution in [3.63, 3.8) is 0 Å². The SMILES string of the molecule is CC(C)COc1ccc(/C=C(\C#N)C(=O)Nc2ccccc2Br)cc1. The summed E-state index contributed by atoms with van der Waals surface area (Å²) in [7, 11) is 0. The molecular weight excluding hydrogens is 380 g/mol. The van der Waals surface area contributed by atoms with Gasteiger partial charge in [-0.25, -0.2) is 0 Å². The number of nitriles is 1. The maximum Gasteiger partial charge on any atom is 0.266 e. The molecule has 0 aliphatic carbocycles. The number of carbonyl (C=O) groups excluding carboxylic acids is 1. The molecule has 0 aliphatic rings. The van der Waals surface area contributed by atoms with Crippen molar-refractivity contribution < 1.29 is 9.53 Å². The highest BCUT2D eigenvalue weighted by atomic mass is 79.9. The first-order chi connectivity index (χ1) is 12.0. The fraction of sp³-hybridized carbons (Fsp3) is 0.200. The molecule has 25 heavy (non-hydrogen) atoms. The predicted molar refractivity (Wildman–Crippen MR) is 103 cm³/mol. The maximum atomic E-state index is 12.3. The first kappa shape index (κ1) is 18.8. The van der Waals surface area contributed by atoms with Crippen molar-refractivity contribution >= 4 is 33.6 Å². The topological polar surface area (TPSA) is 62.1 Å². The molecule has 128 valence electrons. The van der Waals surface area contributed by atoms with E-state index in [1.165, 1.54) is 0 Å². The van der Waals surface area contributed by atoms with Crippen LogP contribution in [0.2, 0.25) is 0 Å². The fourth-order valence-corrected chi connectivity index (χ4v) is 2.37. The maximum absolute atomic E-state index is 12.3. The van der Waals surface area contributed by atoms with Crippen LogP contribution < -0.4 is 10.1 Å². The molecule has 0 saturated heterocycles. The minimum Gasteiger partial charge on any atom is -0.493 e. The monoisotopic (exact) mass is 398 g/mol. The highest BCUT2D eigenvalue weighted by Gasteiger charge is 2.11. The molecular formula is C20H19BrN2O2. The molecule has 0 saturated carbocycles. The average Bonchev–Trinajstić information content (AvgIpc) is 2.60. The minimum absolute atomic E-state index is 0.0339. The number of hydrogen-bond acceptors (Lipinski definition) is 3. The van der Waals surface area contributed by atoms with Crippen molar-refractivity contribution in [2.24, 2.45) is 5.92 Å². The third kappa shape index (κ3) is 5.77. The van der Waals surface area contributed by atoms with Crippen LogP contribution in [0.4, 0.5) is 5.69 Å². The molecule has 0 fully saturated rings. The van der Waals surface area contributed by atoms with Gasteiger partial charge in [-0.3, -0.25) is 4.79 Å². The highest BCUT2D eigenvalue weighted by Crippen LogP contribution is 2.22. The molecule has 1 N–H and O–H groups in total. The molecule has 2 rings (SSSR count). The number of carbonyl (C=O) groups is 1. The van der Waals surface area contributed by atoms with E-state index < -0.39 is 5.91 Å². The van der Waals surface area contributed by atoms with Gasteiger partial charge in [-0.2, -0.15) is 5.26 Å². The summed E-state index contributed by atoms with van der Waals surface area (Å²) in [6, 6.07) is 16.5. The first-order valence-corrected chi connectivity index (χ1v) is 8.69. The van der Waals surface area contributed by atoms with Crippen molar-refractivity contribution in [3.05, 3.63) is 64.1 Å². The Balaban J connectivity index is 2.10. The summed E-state index contributed by atoms with van der Waals surface area (Å²) in [6.07, 6.45) is 1.55. The number of benzene rings is 2. The number of hydrogen-bond donors (Lipinski definition) is 1. The number of para-hydroxylation sites is 1. The Labute approximate surface area is 156 Å². The van der Waals surface area contributed by atoms with E-state index in [9.17, 15) is 10.1 Å². The van der Waals surface area contributed by atoms with E-state index in [2.05, 4.69) is 35.1 Å². The lowest BCUT2D eigenvalue weighted by atomic mass is 10.1. The zero-order chi connectivity index (χ0) is 18.2. The number of nitrogens with zero attached hydrogens (tertiary/aromatic N) is 1. The summed E-state index contributed by atoms with van der Waals surface area (Å²) in [4.78, 5) is 12.3. The van der Waals surface area contributed by atoms with Crippen molar-refractivity contribution in [1.29, 1.82) is 5.26 Å². The molecule has 0 atom stereocenters. The van der Waals surface area contributed by atoms with Gasteiger partial charge in [-0.15, -0.1) is 0 Å². The van der Waals surface area contributed by atoms with E-state index in [1.807, 2.05) is 48.5 Å². The van der Waals surface area contributed by atoms with Crippen LogP contribution in [0, 0.1) is 17.2 Å². The second kappa shape index (κ2) is 9.05. The van der Waals surface area contributed by atoms with Gasteiger partial charge in [0.05, 0.1) is 12.3 Å².